The van der Waals surface area contributed by atoms with E-state index in [4.69, 9.17) is 0 Å². The lowest BCUT2D eigenvalue weighted by Gasteiger charge is -2.37. The Kier molecular flexibility index (Phi) is 5.29. The van der Waals surface area contributed by atoms with E-state index < -0.39 is 0 Å². The first-order valence-electron chi connectivity index (χ1n) is 10.1. The zero-order chi connectivity index (χ0) is 20.4. The molecule has 1 N–H and O–H groups in total. The molecule has 1 fully saturated rings. The summed E-state index contributed by atoms with van der Waals surface area (Å²) >= 11 is 0. The van der Waals surface area contributed by atoms with Gasteiger partial charge in [-0.2, -0.15) is 5.10 Å². The zero-order valence-corrected chi connectivity index (χ0v) is 16.9. The summed E-state index contributed by atoms with van der Waals surface area (Å²) in [6, 6.07) is 15.5. The van der Waals surface area contributed by atoms with Crippen LogP contribution in [0.2, 0.25) is 0 Å². The van der Waals surface area contributed by atoms with Crippen molar-refractivity contribution in [3.8, 4) is 11.4 Å². The molecule has 2 heterocycles. The second-order valence-electron chi connectivity index (χ2n) is 7.49. The van der Waals surface area contributed by atoms with Gasteiger partial charge in [-0.15, -0.1) is 0 Å². The summed E-state index contributed by atoms with van der Waals surface area (Å²) in [4.78, 5) is 17.3. The Morgan fingerprint density at radius 1 is 0.897 bits per heavy atom. The summed E-state index contributed by atoms with van der Waals surface area (Å²) in [7, 11) is 0. The highest BCUT2D eigenvalue weighted by atomic mass is 16.3. The van der Waals surface area contributed by atoms with E-state index in [2.05, 4.69) is 27.0 Å². The highest BCUT2D eigenvalue weighted by Crippen LogP contribution is 2.23. The molecule has 7 heteroatoms. The molecule has 0 amide bonds. The van der Waals surface area contributed by atoms with Crippen LogP contribution in [0.15, 0.2) is 59.7 Å². The maximum atomic E-state index is 12.6. The van der Waals surface area contributed by atoms with Gasteiger partial charge in [-0.25, -0.2) is 14.0 Å². The van der Waals surface area contributed by atoms with E-state index in [1.807, 2.05) is 38.1 Å². The molecule has 4 rings (SSSR count). The van der Waals surface area contributed by atoms with Gasteiger partial charge in [0.05, 0.1) is 11.7 Å². The van der Waals surface area contributed by atoms with Crippen LogP contribution in [0.5, 0.6) is 5.75 Å². The predicted octanol–water partition coefficient (Wildman–Crippen LogP) is 3.04. The van der Waals surface area contributed by atoms with Gasteiger partial charge in [-0.1, -0.05) is 6.92 Å². The molecule has 0 bridgehead atoms. The number of hydrogen-bond acceptors (Lipinski definition) is 5. The SMILES string of the molecule is CC[C@H](C)n1ncn(-c2ccc(N3CCN(c4ccc(O)cc4)CC3)cc2)c1=O. The van der Waals surface area contributed by atoms with Gasteiger partial charge in [-0.05, 0) is 61.9 Å². The lowest BCUT2D eigenvalue weighted by molar-refractivity contribution is 0.460. The lowest BCUT2D eigenvalue weighted by atomic mass is 10.2. The number of phenols is 1. The maximum Gasteiger partial charge on any atom is 0.350 e. The van der Waals surface area contributed by atoms with E-state index in [-0.39, 0.29) is 11.7 Å². The van der Waals surface area contributed by atoms with Crippen LogP contribution in [0, 0.1) is 0 Å². The van der Waals surface area contributed by atoms with Crippen LogP contribution in [-0.4, -0.2) is 45.6 Å². The van der Waals surface area contributed by atoms with Crippen molar-refractivity contribution >= 4 is 11.4 Å². The topological polar surface area (TPSA) is 66.5 Å². The lowest BCUT2D eigenvalue weighted by Crippen LogP contribution is -2.46. The fraction of sp³-hybridized carbons (Fsp3) is 0.364. The molecule has 152 valence electrons. The third-order valence-electron chi connectivity index (χ3n) is 5.69. The van der Waals surface area contributed by atoms with Gasteiger partial charge in [0, 0.05) is 37.6 Å². The van der Waals surface area contributed by atoms with Crippen molar-refractivity contribution in [2.24, 2.45) is 0 Å². The van der Waals surface area contributed by atoms with Gasteiger partial charge < -0.3 is 14.9 Å². The molecule has 1 aliphatic heterocycles. The summed E-state index contributed by atoms with van der Waals surface area (Å²) < 4.78 is 3.13. The van der Waals surface area contributed by atoms with Crippen molar-refractivity contribution in [1.82, 2.24) is 14.3 Å². The zero-order valence-electron chi connectivity index (χ0n) is 16.9. The Bertz CT molecular complexity index is 999. The first-order chi connectivity index (χ1) is 14.1. The Hall–Kier alpha value is -3.22. The summed E-state index contributed by atoms with van der Waals surface area (Å²) in [6.45, 7) is 7.74. The minimum absolute atomic E-state index is 0.0906. The molecule has 7 nitrogen and oxygen atoms in total. The molecular formula is C22H27N5O2. The fourth-order valence-electron chi connectivity index (χ4n) is 3.68. The summed E-state index contributed by atoms with van der Waals surface area (Å²) in [5.74, 6) is 0.293. The van der Waals surface area contributed by atoms with Crippen LogP contribution in [0.1, 0.15) is 26.3 Å². The van der Waals surface area contributed by atoms with Crippen molar-refractivity contribution in [2.75, 3.05) is 36.0 Å². The molecule has 1 atom stereocenters. The molecule has 0 spiro atoms. The average Bonchev–Trinajstić information content (AvgIpc) is 3.15. The van der Waals surface area contributed by atoms with E-state index in [0.717, 1.165) is 49.7 Å². The van der Waals surface area contributed by atoms with Crippen molar-refractivity contribution in [1.29, 1.82) is 0 Å². The van der Waals surface area contributed by atoms with Crippen molar-refractivity contribution in [3.63, 3.8) is 0 Å². The highest BCUT2D eigenvalue weighted by molar-refractivity contribution is 5.54. The number of benzene rings is 2. The molecule has 2 aromatic carbocycles. The van der Waals surface area contributed by atoms with Gasteiger partial charge in [0.25, 0.3) is 0 Å². The van der Waals surface area contributed by atoms with Crippen LogP contribution < -0.4 is 15.5 Å². The Morgan fingerprint density at radius 3 is 1.90 bits per heavy atom. The van der Waals surface area contributed by atoms with Crippen molar-refractivity contribution in [2.45, 2.75) is 26.3 Å². The summed E-state index contributed by atoms with van der Waals surface area (Å²) in [5, 5.41) is 13.7. The number of aromatic hydroxyl groups is 1. The number of hydrogen-bond donors (Lipinski definition) is 1. The van der Waals surface area contributed by atoms with E-state index >= 15 is 0 Å². The normalized spacial score (nSPS) is 15.5. The average molecular weight is 393 g/mol. The molecule has 29 heavy (non-hydrogen) atoms. The van der Waals surface area contributed by atoms with E-state index in [9.17, 15) is 9.90 Å². The minimum atomic E-state index is -0.102. The largest absolute Gasteiger partial charge is 0.508 e. The fourth-order valence-corrected chi connectivity index (χ4v) is 3.68. The van der Waals surface area contributed by atoms with E-state index in [1.54, 1.807) is 23.0 Å². The third kappa shape index (κ3) is 3.85. The van der Waals surface area contributed by atoms with Gasteiger partial charge >= 0.3 is 5.69 Å². The molecule has 0 aliphatic carbocycles. The monoisotopic (exact) mass is 393 g/mol. The first-order valence-corrected chi connectivity index (χ1v) is 10.1. The van der Waals surface area contributed by atoms with Crippen molar-refractivity contribution < 1.29 is 5.11 Å². The number of nitrogens with zero attached hydrogens (tertiary/aromatic N) is 5. The van der Waals surface area contributed by atoms with Crippen LogP contribution in [0.25, 0.3) is 5.69 Å². The van der Waals surface area contributed by atoms with Gasteiger partial charge in [0.2, 0.25) is 0 Å². The quantitative estimate of drug-likeness (QED) is 0.722. The molecule has 0 unspecified atom stereocenters. The molecule has 1 aromatic heterocycles. The number of aromatic nitrogens is 3. The molecule has 1 saturated heterocycles. The second kappa shape index (κ2) is 8.03. The molecule has 1 aliphatic rings. The molecule has 0 radical (unpaired) electrons. The number of rotatable bonds is 5. The molecule has 0 saturated carbocycles. The minimum Gasteiger partial charge on any atom is -0.508 e. The molecule has 3 aromatic rings. The smallest absolute Gasteiger partial charge is 0.350 e. The van der Waals surface area contributed by atoms with Crippen LogP contribution in [-0.2, 0) is 0 Å². The van der Waals surface area contributed by atoms with Gasteiger partial charge in [0.1, 0.15) is 12.1 Å². The van der Waals surface area contributed by atoms with Crippen LogP contribution in [0.4, 0.5) is 11.4 Å². The van der Waals surface area contributed by atoms with E-state index in [1.165, 1.54) is 4.68 Å². The van der Waals surface area contributed by atoms with Gasteiger partial charge in [0.15, 0.2) is 0 Å². The van der Waals surface area contributed by atoms with Gasteiger partial charge in [-0.3, -0.25) is 0 Å². The van der Waals surface area contributed by atoms with Crippen LogP contribution in [0.3, 0.4) is 0 Å². The summed E-state index contributed by atoms with van der Waals surface area (Å²) in [6.07, 6.45) is 2.46. The Balaban J connectivity index is 1.43. The number of anilines is 2. The van der Waals surface area contributed by atoms with Crippen LogP contribution >= 0.6 is 0 Å². The predicted molar refractivity (Wildman–Crippen MR) is 115 cm³/mol. The Morgan fingerprint density at radius 2 is 1.38 bits per heavy atom. The number of piperazine rings is 1. The number of phenolic OH excluding ortho intramolecular Hbond substituents is 1. The maximum absolute atomic E-state index is 12.6. The standard InChI is InChI=1S/C22H27N5O2/c1-3-17(2)27-22(29)26(16-23-27)20-6-4-18(5-7-20)24-12-14-25(15-13-24)19-8-10-21(28)11-9-19/h4-11,16-17,28H,3,12-15H2,1-2H3/t17-/m0/s1. The third-order valence-corrected chi connectivity index (χ3v) is 5.69. The van der Waals surface area contributed by atoms with E-state index in [0.29, 0.717) is 5.75 Å². The molecular weight excluding hydrogens is 366 g/mol. The first kappa shape index (κ1) is 19.1. The highest BCUT2D eigenvalue weighted by Gasteiger charge is 2.18. The second-order valence-corrected chi connectivity index (χ2v) is 7.49. The van der Waals surface area contributed by atoms with Crippen molar-refractivity contribution in [3.05, 3.63) is 65.3 Å². The summed E-state index contributed by atoms with van der Waals surface area (Å²) in [5.41, 5.74) is 3.02. The Labute approximate surface area is 170 Å².